The predicted molar refractivity (Wildman–Crippen MR) is 51.8 cm³/mol. The lowest BCUT2D eigenvalue weighted by atomic mass is 10.1. The Hall–Kier alpha value is -0.620. The Bertz CT molecular complexity index is 350. The van der Waals surface area contributed by atoms with Crippen LogP contribution in [0.5, 0.6) is 0 Å². The van der Waals surface area contributed by atoms with Gasteiger partial charge in [-0.3, -0.25) is 0 Å². The summed E-state index contributed by atoms with van der Waals surface area (Å²) >= 11 is 3.05. The van der Waals surface area contributed by atoms with Crippen LogP contribution >= 0.6 is 15.9 Å². The normalized spacial score (nSPS) is 14.0. The zero-order valence-electron chi connectivity index (χ0n) is 7.48. The molecule has 1 aromatic rings. The molecule has 0 heterocycles. The van der Waals surface area contributed by atoms with Crippen LogP contribution in [0.1, 0.15) is 5.56 Å². The van der Waals surface area contributed by atoms with Crippen LogP contribution in [0.3, 0.4) is 0 Å². The molecule has 0 aromatic heterocycles. The fraction of sp³-hybridized carbons (Fsp3) is 0.333. The van der Waals surface area contributed by atoms with E-state index in [9.17, 15) is 17.6 Å². The van der Waals surface area contributed by atoms with Gasteiger partial charge < -0.3 is 5.73 Å². The summed E-state index contributed by atoms with van der Waals surface area (Å²) in [4.78, 5) is 0. The second-order valence-electron chi connectivity index (χ2n) is 3.09. The summed E-state index contributed by atoms with van der Waals surface area (Å²) < 4.78 is 49.9. The van der Waals surface area contributed by atoms with Crippen molar-refractivity contribution >= 4 is 15.9 Å². The van der Waals surface area contributed by atoms with E-state index in [0.29, 0.717) is 4.47 Å². The molecule has 1 aromatic carbocycles. The summed E-state index contributed by atoms with van der Waals surface area (Å²) in [6.45, 7) is 0. The smallest absolute Gasteiger partial charge is 0.320 e. The Balaban J connectivity index is 2.85. The summed E-state index contributed by atoms with van der Waals surface area (Å²) in [5, 5.41) is 0. The van der Waals surface area contributed by atoms with Gasteiger partial charge in [-0.1, -0.05) is 15.9 Å². The van der Waals surface area contributed by atoms with Gasteiger partial charge in [-0.25, -0.2) is 4.39 Å². The molecule has 0 bridgehead atoms. The molecule has 0 fully saturated rings. The van der Waals surface area contributed by atoms with E-state index in [-0.39, 0.29) is 5.56 Å². The maximum atomic E-state index is 13.1. The predicted octanol–water partition coefficient (Wildman–Crippen LogP) is 3.02. The third-order valence-electron chi connectivity index (χ3n) is 1.87. The monoisotopic (exact) mass is 285 g/mol. The Morgan fingerprint density at radius 2 is 1.93 bits per heavy atom. The lowest BCUT2D eigenvalue weighted by Gasteiger charge is -2.15. The molecule has 0 saturated heterocycles. The number of benzene rings is 1. The van der Waals surface area contributed by atoms with Gasteiger partial charge in [0, 0.05) is 4.47 Å². The first-order chi connectivity index (χ1) is 6.80. The standard InChI is InChI=1S/C9H8BrF4N/c10-6-1-2-7(11)5(3-6)4-8(15)9(12,13)14/h1-3,8H,4,15H2. The highest BCUT2D eigenvalue weighted by Crippen LogP contribution is 2.23. The van der Waals surface area contributed by atoms with Gasteiger partial charge in [0.1, 0.15) is 11.9 Å². The Kier molecular flexibility index (Phi) is 3.72. The van der Waals surface area contributed by atoms with Gasteiger partial charge in [0.15, 0.2) is 0 Å². The van der Waals surface area contributed by atoms with E-state index in [1.54, 1.807) is 0 Å². The van der Waals surface area contributed by atoms with Gasteiger partial charge in [-0.15, -0.1) is 0 Å². The van der Waals surface area contributed by atoms with E-state index >= 15 is 0 Å². The minimum atomic E-state index is -4.51. The van der Waals surface area contributed by atoms with Crippen molar-refractivity contribution in [1.29, 1.82) is 0 Å². The summed E-state index contributed by atoms with van der Waals surface area (Å²) in [5.74, 6) is -0.683. The minimum Gasteiger partial charge on any atom is -0.320 e. The molecule has 0 aliphatic heterocycles. The zero-order valence-corrected chi connectivity index (χ0v) is 9.07. The molecule has 1 atom stereocenters. The maximum Gasteiger partial charge on any atom is 0.403 e. The Morgan fingerprint density at radius 1 is 1.33 bits per heavy atom. The molecular formula is C9H8BrF4N. The molecular weight excluding hydrogens is 278 g/mol. The SMILES string of the molecule is NC(Cc1cc(Br)ccc1F)C(F)(F)F. The summed E-state index contributed by atoms with van der Waals surface area (Å²) in [6.07, 6.45) is -5.07. The van der Waals surface area contributed by atoms with Gasteiger partial charge in [0.2, 0.25) is 0 Å². The average molecular weight is 286 g/mol. The molecule has 15 heavy (non-hydrogen) atoms. The molecule has 0 aliphatic rings. The van der Waals surface area contributed by atoms with Crippen molar-refractivity contribution in [1.82, 2.24) is 0 Å². The minimum absolute atomic E-state index is 0.0470. The third kappa shape index (κ3) is 3.46. The Labute approximate surface area is 92.4 Å². The van der Waals surface area contributed by atoms with Crippen molar-refractivity contribution in [2.24, 2.45) is 5.73 Å². The lowest BCUT2D eigenvalue weighted by molar-refractivity contribution is -0.147. The molecule has 0 spiro atoms. The van der Waals surface area contributed by atoms with E-state index in [2.05, 4.69) is 15.9 Å². The second-order valence-corrected chi connectivity index (χ2v) is 4.00. The van der Waals surface area contributed by atoms with Gasteiger partial charge in [-0.05, 0) is 30.2 Å². The van der Waals surface area contributed by atoms with E-state index in [1.165, 1.54) is 12.1 Å². The molecule has 1 rings (SSSR count). The first kappa shape index (κ1) is 12.4. The molecule has 1 unspecified atom stereocenters. The fourth-order valence-electron chi connectivity index (χ4n) is 1.05. The molecule has 0 amide bonds. The van der Waals surface area contributed by atoms with Gasteiger partial charge >= 0.3 is 6.18 Å². The van der Waals surface area contributed by atoms with E-state index < -0.39 is 24.5 Å². The summed E-state index contributed by atoms with van der Waals surface area (Å²) in [5.41, 5.74) is 4.85. The second kappa shape index (κ2) is 4.49. The van der Waals surface area contributed by atoms with Crippen LogP contribution in [0, 0.1) is 5.82 Å². The summed E-state index contributed by atoms with van der Waals surface area (Å²) in [7, 11) is 0. The van der Waals surface area contributed by atoms with Crippen molar-refractivity contribution in [2.75, 3.05) is 0 Å². The highest BCUT2D eigenvalue weighted by Gasteiger charge is 2.36. The van der Waals surface area contributed by atoms with E-state index in [1.807, 2.05) is 0 Å². The van der Waals surface area contributed by atoms with Crippen LogP contribution in [0.4, 0.5) is 17.6 Å². The van der Waals surface area contributed by atoms with Gasteiger partial charge in [0.25, 0.3) is 0 Å². The number of hydrogen-bond donors (Lipinski definition) is 1. The Morgan fingerprint density at radius 3 is 2.47 bits per heavy atom. The number of halogens is 5. The summed E-state index contributed by atoms with van der Waals surface area (Å²) in [6, 6.07) is 1.77. The third-order valence-corrected chi connectivity index (χ3v) is 2.36. The van der Waals surface area contributed by atoms with Crippen molar-refractivity contribution < 1.29 is 17.6 Å². The van der Waals surface area contributed by atoms with Crippen LogP contribution in [0.15, 0.2) is 22.7 Å². The maximum absolute atomic E-state index is 13.1. The average Bonchev–Trinajstić information content (AvgIpc) is 2.09. The highest BCUT2D eigenvalue weighted by molar-refractivity contribution is 9.10. The number of hydrogen-bond acceptors (Lipinski definition) is 1. The van der Waals surface area contributed by atoms with E-state index in [4.69, 9.17) is 5.73 Å². The number of alkyl halides is 3. The number of rotatable bonds is 2. The molecule has 1 nitrogen and oxygen atoms in total. The molecule has 2 N–H and O–H groups in total. The molecule has 6 heteroatoms. The quantitative estimate of drug-likeness (QED) is 0.831. The first-order valence-corrected chi connectivity index (χ1v) is 4.86. The van der Waals surface area contributed by atoms with Crippen molar-refractivity contribution in [3.63, 3.8) is 0 Å². The fourth-order valence-corrected chi connectivity index (χ4v) is 1.46. The van der Waals surface area contributed by atoms with Crippen molar-refractivity contribution in [2.45, 2.75) is 18.6 Å². The zero-order chi connectivity index (χ0) is 11.6. The van der Waals surface area contributed by atoms with Gasteiger partial charge in [-0.2, -0.15) is 13.2 Å². The van der Waals surface area contributed by atoms with Crippen LogP contribution in [-0.4, -0.2) is 12.2 Å². The van der Waals surface area contributed by atoms with Crippen LogP contribution in [-0.2, 0) is 6.42 Å². The first-order valence-electron chi connectivity index (χ1n) is 4.07. The number of nitrogens with two attached hydrogens (primary N) is 1. The molecule has 0 saturated carbocycles. The largest absolute Gasteiger partial charge is 0.403 e. The van der Waals surface area contributed by atoms with Crippen LogP contribution in [0.2, 0.25) is 0 Å². The highest BCUT2D eigenvalue weighted by atomic mass is 79.9. The van der Waals surface area contributed by atoms with Crippen molar-refractivity contribution in [3.8, 4) is 0 Å². The van der Waals surface area contributed by atoms with Crippen LogP contribution in [0.25, 0.3) is 0 Å². The molecule has 0 radical (unpaired) electrons. The lowest BCUT2D eigenvalue weighted by Crippen LogP contribution is -2.39. The topological polar surface area (TPSA) is 26.0 Å². The molecule has 0 aliphatic carbocycles. The van der Waals surface area contributed by atoms with Crippen LogP contribution < -0.4 is 5.73 Å². The van der Waals surface area contributed by atoms with E-state index in [0.717, 1.165) is 6.07 Å². The molecule has 84 valence electrons. The van der Waals surface area contributed by atoms with Gasteiger partial charge in [0.05, 0.1) is 0 Å². The van der Waals surface area contributed by atoms with Crippen molar-refractivity contribution in [3.05, 3.63) is 34.1 Å².